The van der Waals surface area contributed by atoms with Gasteiger partial charge in [-0.25, -0.2) is 8.42 Å². The number of hydrogen-bond acceptors (Lipinski definition) is 4. The molecule has 1 heterocycles. The summed E-state index contributed by atoms with van der Waals surface area (Å²) in [4.78, 5) is 17.0. The predicted octanol–water partition coefficient (Wildman–Crippen LogP) is 2.29. The molecule has 144 valence electrons. The number of anilines is 1. The molecule has 0 saturated carbocycles. The molecular formula is C20H25N3O3S. The van der Waals surface area contributed by atoms with E-state index < -0.39 is 10.0 Å². The molecule has 0 aromatic heterocycles. The highest BCUT2D eigenvalue weighted by Gasteiger charge is 2.24. The van der Waals surface area contributed by atoms with Crippen molar-refractivity contribution in [2.24, 2.45) is 0 Å². The molecule has 2 aromatic rings. The summed E-state index contributed by atoms with van der Waals surface area (Å²) >= 11 is 0. The third-order valence-electron chi connectivity index (χ3n) is 4.99. The second-order valence-corrected chi connectivity index (χ2v) is 8.53. The fourth-order valence-electron chi connectivity index (χ4n) is 3.15. The Morgan fingerprint density at radius 2 is 1.56 bits per heavy atom. The summed E-state index contributed by atoms with van der Waals surface area (Å²) in [5.74, 6) is -0.0499. The highest BCUT2D eigenvalue weighted by molar-refractivity contribution is 7.92. The summed E-state index contributed by atoms with van der Waals surface area (Å²) in [6.07, 6.45) is 0. The number of likely N-dealkylation sites (N-methyl/N-ethyl adjacent to an activating group) is 1. The van der Waals surface area contributed by atoms with Crippen molar-refractivity contribution in [3.05, 3.63) is 60.2 Å². The normalized spacial score (nSPS) is 15.6. The van der Waals surface area contributed by atoms with Crippen molar-refractivity contribution in [3.63, 3.8) is 0 Å². The first-order chi connectivity index (χ1) is 12.9. The van der Waals surface area contributed by atoms with Gasteiger partial charge in [0.1, 0.15) is 0 Å². The first-order valence-corrected chi connectivity index (χ1v) is 10.5. The average molecular weight is 388 g/mol. The molecule has 0 bridgehead atoms. The number of benzene rings is 2. The van der Waals surface area contributed by atoms with Gasteiger partial charge in [0.25, 0.3) is 15.9 Å². The van der Waals surface area contributed by atoms with E-state index >= 15 is 0 Å². The topological polar surface area (TPSA) is 60.9 Å². The molecule has 2 aromatic carbocycles. The fourth-order valence-corrected chi connectivity index (χ4v) is 4.35. The highest BCUT2D eigenvalue weighted by Crippen LogP contribution is 2.22. The molecule has 0 N–H and O–H groups in total. The van der Waals surface area contributed by atoms with Crippen LogP contribution >= 0.6 is 0 Å². The summed E-state index contributed by atoms with van der Waals surface area (Å²) < 4.78 is 26.9. The van der Waals surface area contributed by atoms with Gasteiger partial charge in [0.15, 0.2) is 0 Å². The van der Waals surface area contributed by atoms with Crippen LogP contribution in [-0.4, -0.2) is 63.9 Å². The molecule has 3 rings (SSSR count). The Kier molecular flexibility index (Phi) is 5.82. The number of hydrogen-bond donors (Lipinski definition) is 0. The smallest absolute Gasteiger partial charge is 0.264 e. The minimum atomic E-state index is -3.67. The highest BCUT2D eigenvalue weighted by atomic mass is 32.2. The Bertz CT molecular complexity index is 874. The number of para-hydroxylation sites is 1. The number of rotatable bonds is 5. The zero-order valence-corrected chi connectivity index (χ0v) is 16.5. The van der Waals surface area contributed by atoms with Crippen LogP contribution in [0, 0.1) is 0 Å². The van der Waals surface area contributed by atoms with Crippen LogP contribution in [0.5, 0.6) is 0 Å². The Morgan fingerprint density at radius 3 is 2.11 bits per heavy atom. The van der Waals surface area contributed by atoms with Gasteiger partial charge in [0.05, 0.1) is 10.6 Å². The largest absolute Gasteiger partial charge is 0.336 e. The van der Waals surface area contributed by atoms with E-state index in [9.17, 15) is 13.2 Å². The van der Waals surface area contributed by atoms with Crippen LogP contribution in [0.3, 0.4) is 0 Å². The maximum atomic E-state index is 12.8. The van der Waals surface area contributed by atoms with E-state index in [1.165, 1.54) is 23.5 Å². The zero-order valence-electron chi connectivity index (χ0n) is 15.7. The van der Waals surface area contributed by atoms with Crippen LogP contribution in [0.4, 0.5) is 5.69 Å². The lowest BCUT2D eigenvalue weighted by atomic mass is 10.2. The van der Waals surface area contributed by atoms with Crippen molar-refractivity contribution >= 4 is 21.6 Å². The van der Waals surface area contributed by atoms with Gasteiger partial charge in [-0.05, 0) is 42.9 Å². The minimum Gasteiger partial charge on any atom is -0.336 e. The molecule has 27 heavy (non-hydrogen) atoms. The number of amides is 1. The molecule has 0 aliphatic carbocycles. The Hall–Kier alpha value is -2.38. The summed E-state index contributed by atoms with van der Waals surface area (Å²) in [5.41, 5.74) is 1.10. The maximum absolute atomic E-state index is 12.8. The minimum absolute atomic E-state index is 0.0499. The first-order valence-electron chi connectivity index (χ1n) is 9.09. The number of sulfonamides is 1. The lowest BCUT2D eigenvalue weighted by Gasteiger charge is -2.34. The van der Waals surface area contributed by atoms with E-state index in [0.29, 0.717) is 24.3 Å². The summed E-state index contributed by atoms with van der Waals surface area (Å²) in [6, 6.07) is 15.1. The van der Waals surface area contributed by atoms with Crippen molar-refractivity contribution in [1.29, 1.82) is 0 Å². The molecule has 0 atom stereocenters. The van der Waals surface area contributed by atoms with Crippen LogP contribution in [0.1, 0.15) is 17.3 Å². The molecule has 1 aliphatic heterocycles. The molecule has 0 spiro atoms. The van der Waals surface area contributed by atoms with Gasteiger partial charge < -0.3 is 9.80 Å². The number of piperazine rings is 1. The Morgan fingerprint density at radius 1 is 0.963 bits per heavy atom. The van der Waals surface area contributed by atoms with E-state index in [2.05, 4.69) is 11.8 Å². The van der Waals surface area contributed by atoms with E-state index in [1.54, 1.807) is 36.4 Å². The van der Waals surface area contributed by atoms with Gasteiger partial charge in [-0.15, -0.1) is 0 Å². The molecular weight excluding hydrogens is 362 g/mol. The first kappa shape index (κ1) is 19.4. The second-order valence-electron chi connectivity index (χ2n) is 6.56. The SMILES string of the molecule is CCN1CCN(C(=O)c2ccc(S(=O)(=O)N(C)c3ccccc3)cc2)CC1. The van der Waals surface area contributed by atoms with Gasteiger partial charge in [0, 0.05) is 38.8 Å². The molecule has 1 saturated heterocycles. The zero-order chi connectivity index (χ0) is 19.4. The molecule has 1 aliphatic rings. The fraction of sp³-hybridized carbons (Fsp3) is 0.350. The monoisotopic (exact) mass is 387 g/mol. The summed E-state index contributed by atoms with van der Waals surface area (Å²) in [5, 5.41) is 0. The molecule has 1 amide bonds. The van der Waals surface area contributed by atoms with Crippen LogP contribution in [0.25, 0.3) is 0 Å². The molecule has 6 nitrogen and oxygen atoms in total. The summed E-state index contributed by atoms with van der Waals surface area (Å²) in [7, 11) is -2.14. The van der Waals surface area contributed by atoms with Crippen molar-refractivity contribution in [3.8, 4) is 0 Å². The lowest BCUT2D eigenvalue weighted by molar-refractivity contribution is 0.0643. The van der Waals surface area contributed by atoms with Crippen LogP contribution < -0.4 is 4.31 Å². The van der Waals surface area contributed by atoms with E-state index in [0.717, 1.165) is 19.6 Å². The van der Waals surface area contributed by atoms with Crippen molar-refractivity contribution in [2.45, 2.75) is 11.8 Å². The van der Waals surface area contributed by atoms with Gasteiger partial charge in [-0.1, -0.05) is 25.1 Å². The second kappa shape index (κ2) is 8.10. The molecule has 0 unspecified atom stereocenters. The Labute approximate surface area is 161 Å². The van der Waals surface area contributed by atoms with Crippen molar-refractivity contribution in [1.82, 2.24) is 9.80 Å². The quantitative estimate of drug-likeness (QED) is 0.790. The standard InChI is InChI=1S/C20H25N3O3S/c1-3-22-13-15-23(16-14-22)20(24)17-9-11-19(12-10-17)27(25,26)21(2)18-7-5-4-6-8-18/h4-12H,3,13-16H2,1-2H3. The lowest BCUT2D eigenvalue weighted by Crippen LogP contribution is -2.48. The van der Waals surface area contributed by atoms with E-state index in [-0.39, 0.29) is 10.8 Å². The van der Waals surface area contributed by atoms with E-state index in [1.807, 2.05) is 11.0 Å². The summed E-state index contributed by atoms with van der Waals surface area (Å²) in [6.45, 7) is 6.24. The maximum Gasteiger partial charge on any atom is 0.264 e. The van der Waals surface area contributed by atoms with E-state index in [4.69, 9.17) is 0 Å². The van der Waals surface area contributed by atoms with Crippen molar-refractivity contribution in [2.75, 3.05) is 44.1 Å². The number of nitrogens with zero attached hydrogens (tertiary/aromatic N) is 3. The van der Waals surface area contributed by atoms with Crippen LogP contribution in [0.15, 0.2) is 59.5 Å². The van der Waals surface area contributed by atoms with Crippen molar-refractivity contribution < 1.29 is 13.2 Å². The van der Waals surface area contributed by atoms with Gasteiger partial charge in [-0.3, -0.25) is 9.10 Å². The Balaban J connectivity index is 1.74. The predicted molar refractivity (Wildman–Crippen MR) is 106 cm³/mol. The van der Waals surface area contributed by atoms with Gasteiger partial charge in [0.2, 0.25) is 0 Å². The molecule has 0 radical (unpaired) electrons. The number of carbonyl (C=O) groups excluding carboxylic acids is 1. The van der Waals surface area contributed by atoms with Gasteiger partial charge in [-0.2, -0.15) is 0 Å². The van der Waals surface area contributed by atoms with Crippen LogP contribution in [0.2, 0.25) is 0 Å². The van der Waals surface area contributed by atoms with Crippen LogP contribution in [-0.2, 0) is 10.0 Å². The average Bonchev–Trinajstić information content (AvgIpc) is 2.73. The van der Waals surface area contributed by atoms with Gasteiger partial charge >= 0.3 is 0 Å². The third kappa shape index (κ3) is 4.14. The molecule has 1 fully saturated rings. The molecule has 7 heteroatoms. The number of carbonyl (C=O) groups is 1. The third-order valence-corrected chi connectivity index (χ3v) is 6.79.